The number of ketones is 1. The Morgan fingerprint density at radius 1 is 1.11 bits per heavy atom. The van der Waals surface area contributed by atoms with Crippen molar-refractivity contribution >= 4 is 34.8 Å². The zero-order valence-corrected chi connectivity index (χ0v) is 17.2. The Kier molecular flexibility index (Phi) is 5.24. The number of carbonyl (C=O) groups is 1. The second-order valence-corrected chi connectivity index (χ2v) is 7.94. The predicted molar refractivity (Wildman–Crippen MR) is 113 cm³/mol. The second-order valence-electron chi connectivity index (χ2n) is 6.59. The van der Waals surface area contributed by atoms with E-state index in [0.717, 1.165) is 33.2 Å². The molecule has 142 valence electrons. The van der Waals surface area contributed by atoms with Gasteiger partial charge in [0, 0.05) is 34.7 Å². The molecule has 0 atom stereocenters. The third kappa shape index (κ3) is 3.57. The molecule has 0 amide bonds. The van der Waals surface area contributed by atoms with Gasteiger partial charge >= 0.3 is 0 Å². The molecule has 0 aliphatic rings. The SMILES string of the molecule is Cc1cc(C(=O)CSc2nnc3ccccn23)c(C)n1Cc1ccccc1Cl. The lowest BCUT2D eigenvalue weighted by molar-refractivity contribution is 0.102. The van der Waals surface area contributed by atoms with E-state index >= 15 is 0 Å². The zero-order chi connectivity index (χ0) is 19.7. The number of rotatable bonds is 6. The highest BCUT2D eigenvalue weighted by Crippen LogP contribution is 2.24. The number of benzene rings is 1. The molecule has 4 rings (SSSR count). The van der Waals surface area contributed by atoms with E-state index < -0.39 is 0 Å². The van der Waals surface area contributed by atoms with E-state index in [4.69, 9.17) is 11.6 Å². The maximum atomic E-state index is 12.9. The Labute approximate surface area is 172 Å². The molecule has 0 radical (unpaired) electrons. The molecule has 3 heterocycles. The van der Waals surface area contributed by atoms with Crippen LogP contribution in [0.5, 0.6) is 0 Å². The largest absolute Gasteiger partial charge is 0.344 e. The molecule has 0 saturated carbocycles. The van der Waals surface area contributed by atoms with E-state index in [9.17, 15) is 4.79 Å². The summed E-state index contributed by atoms with van der Waals surface area (Å²) in [5.41, 5.74) is 4.54. The number of aryl methyl sites for hydroxylation is 1. The smallest absolute Gasteiger partial charge is 0.196 e. The highest BCUT2D eigenvalue weighted by atomic mass is 35.5. The van der Waals surface area contributed by atoms with Crippen molar-refractivity contribution in [1.29, 1.82) is 0 Å². The van der Waals surface area contributed by atoms with Crippen LogP contribution in [-0.4, -0.2) is 30.7 Å². The molecule has 0 bridgehead atoms. The summed E-state index contributed by atoms with van der Waals surface area (Å²) >= 11 is 7.70. The van der Waals surface area contributed by atoms with Gasteiger partial charge in [0.25, 0.3) is 0 Å². The Bertz CT molecular complexity index is 1160. The van der Waals surface area contributed by atoms with Gasteiger partial charge < -0.3 is 4.57 Å². The molecule has 0 unspecified atom stereocenters. The van der Waals surface area contributed by atoms with Crippen LogP contribution in [0.2, 0.25) is 5.02 Å². The molecule has 0 aliphatic carbocycles. The van der Waals surface area contributed by atoms with Gasteiger partial charge in [0.2, 0.25) is 0 Å². The van der Waals surface area contributed by atoms with Gasteiger partial charge in [0.1, 0.15) is 0 Å². The number of fused-ring (bicyclic) bond motifs is 1. The first kappa shape index (κ1) is 18.8. The molecule has 0 N–H and O–H groups in total. The van der Waals surface area contributed by atoms with E-state index in [0.29, 0.717) is 17.5 Å². The number of nitrogens with zero attached hydrogens (tertiary/aromatic N) is 4. The number of hydrogen-bond donors (Lipinski definition) is 0. The summed E-state index contributed by atoms with van der Waals surface area (Å²) in [7, 11) is 0. The van der Waals surface area contributed by atoms with Crippen molar-refractivity contribution in [2.45, 2.75) is 25.5 Å². The quantitative estimate of drug-likeness (QED) is 0.337. The molecule has 1 aromatic carbocycles. The lowest BCUT2D eigenvalue weighted by Gasteiger charge is -2.11. The van der Waals surface area contributed by atoms with Gasteiger partial charge in [-0.2, -0.15) is 0 Å². The number of carbonyl (C=O) groups excluding carboxylic acids is 1. The first-order valence-electron chi connectivity index (χ1n) is 8.90. The fourth-order valence-electron chi connectivity index (χ4n) is 3.25. The highest BCUT2D eigenvalue weighted by molar-refractivity contribution is 7.99. The van der Waals surface area contributed by atoms with Gasteiger partial charge in [-0.25, -0.2) is 0 Å². The highest BCUT2D eigenvalue weighted by Gasteiger charge is 2.18. The zero-order valence-electron chi connectivity index (χ0n) is 15.6. The van der Waals surface area contributed by atoms with Gasteiger partial charge in [-0.3, -0.25) is 9.20 Å². The number of aromatic nitrogens is 4. The standard InChI is InChI=1S/C21H19ClN4OS/c1-14-11-17(15(2)26(14)12-16-7-3-4-8-18(16)22)19(27)13-28-21-24-23-20-9-5-6-10-25(20)21/h3-11H,12-13H2,1-2H3. The molecular weight excluding hydrogens is 392 g/mol. The average Bonchev–Trinajstić information content (AvgIpc) is 3.23. The number of pyridine rings is 1. The number of halogens is 1. The molecule has 5 nitrogen and oxygen atoms in total. The van der Waals surface area contributed by atoms with Crippen LogP contribution in [0.15, 0.2) is 59.9 Å². The summed E-state index contributed by atoms with van der Waals surface area (Å²) in [5.74, 6) is 0.391. The summed E-state index contributed by atoms with van der Waals surface area (Å²) in [4.78, 5) is 12.9. The van der Waals surface area contributed by atoms with E-state index in [2.05, 4.69) is 14.8 Å². The molecule has 28 heavy (non-hydrogen) atoms. The number of Topliss-reactive ketones (excluding diaryl/α,β-unsaturated/α-hetero) is 1. The van der Waals surface area contributed by atoms with Crippen LogP contribution < -0.4 is 0 Å². The van der Waals surface area contributed by atoms with Crippen molar-refractivity contribution in [3.05, 3.63) is 82.3 Å². The minimum Gasteiger partial charge on any atom is -0.344 e. The van der Waals surface area contributed by atoms with E-state index in [-0.39, 0.29) is 5.78 Å². The molecule has 4 aromatic rings. The fraction of sp³-hybridized carbons (Fsp3) is 0.190. The van der Waals surface area contributed by atoms with Crippen molar-refractivity contribution in [2.24, 2.45) is 0 Å². The first-order valence-corrected chi connectivity index (χ1v) is 10.3. The molecular formula is C21H19ClN4OS. The topological polar surface area (TPSA) is 52.2 Å². The molecule has 0 fully saturated rings. The average molecular weight is 411 g/mol. The van der Waals surface area contributed by atoms with E-state index in [1.807, 2.05) is 73.0 Å². The first-order chi connectivity index (χ1) is 13.5. The molecule has 7 heteroatoms. The third-order valence-corrected chi connectivity index (χ3v) is 6.09. The molecule has 0 spiro atoms. The van der Waals surface area contributed by atoms with Crippen LogP contribution in [0.3, 0.4) is 0 Å². The van der Waals surface area contributed by atoms with E-state index in [1.54, 1.807) is 0 Å². The molecule has 3 aromatic heterocycles. The Morgan fingerprint density at radius 3 is 2.71 bits per heavy atom. The van der Waals surface area contributed by atoms with Crippen molar-refractivity contribution in [3.63, 3.8) is 0 Å². The monoisotopic (exact) mass is 410 g/mol. The van der Waals surface area contributed by atoms with Gasteiger partial charge in [0.05, 0.1) is 5.75 Å². The lowest BCUT2D eigenvalue weighted by atomic mass is 10.2. The molecule has 0 saturated heterocycles. The summed E-state index contributed by atoms with van der Waals surface area (Å²) in [5, 5.41) is 9.75. The van der Waals surface area contributed by atoms with Crippen molar-refractivity contribution in [1.82, 2.24) is 19.2 Å². The lowest BCUT2D eigenvalue weighted by Crippen LogP contribution is -2.08. The summed E-state index contributed by atoms with van der Waals surface area (Å²) in [6.45, 7) is 4.64. The van der Waals surface area contributed by atoms with Crippen LogP contribution in [0.1, 0.15) is 27.3 Å². The third-order valence-electron chi connectivity index (χ3n) is 4.78. The van der Waals surface area contributed by atoms with Crippen LogP contribution in [0, 0.1) is 13.8 Å². The van der Waals surface area contributed by atoms with Crippen LogP contribution in [0.25, 0.3) is 5.65 Å². The predicted octanol–water partition coefficient (Wildman–Crippen LogP) is 4.82. The summed E-state index contributed by atoms with van der Waals surface area (Å²) in [6, 6.07) is 15.5. The number of thioether (sulfide) groups is 1. The maximum Gasteiger partial charge on any atom is 0.196 e. The van der Waals surface area contributed by atoms with Gasteiger partial charge in [-0.1, -0.05) is 47.6 Å². The van der Waals surface area contributed by atoms with Crippen molar-refractivity contribution < 1.29 is 4.79 Å². The van der Waals surface area contributed by atoms with E-state index in [1.165, 1.54) is 11.8 Å². The number of hydrogen-bond acceptors (Lipinski definition) is 4. The Morgan fingerprint density at radius 2 is 1.89 bits per heavy atom. The Hall–Kier alpha value is -2.57. The van der Waals surface area contributed by atoms with Gasteiger partial charge in [0.15, 0.2) is 16.6 Å². The fourth-order valence-corrected chi connectivity index (χ4v) is 4.25. The van der Waals surface area contributed by atoms with Gasteiger partial charge in [-0.15, -0.1) is 10.2 Å². The maximum absolute atomic E-state index is 12.9. The van der Waals surface area contributed by atoms with Crippen molar-refractivity contribution in [2.75, 3.05) is 5.75 Å². The van der Waals surface area contributed by atoms with Crippen LogP contribution >= 0.6 is 23.4 Å². The van der Waals surface area contributed by atoms with Crippen LogP contribution in [0.4, 0.5) is 0 Å². The Balaban J connectivity index is 1.53. The summed E-state index contributed by atoms with van der Waals surface area (Å²) in [6.07, 6.45) is 1.90. The summed E-state index contributed by atoms with van der Waals surface area (Å²) < 4.78 is 4.02. The molecule has 0 aliphatic heterocycles. The second kappa shape index (κ2) is 7.81. The van der Waals surface area contributed by atoms with Crippen LogP contribution in [-0.2, 0) is 6.54 Å². The minimum absolute atomic E-state index is 0.0798. The van der Waals surface area contributed by atoms with Crippen molar-refractivity contribution in [3.8, 4) is 0 Å². The van der Waals surface area contributed by atoms with Gasteiger partial charge in [-0.05, 0) is 43.7 Å². The normalized spacial score (nSPS) is 11.2. The minimum atomic E-state index is 0.0798.